The van der Waals surface area contributed by atoms with E-state index in [4.69, 9.17) is 4.74 Å². The van der Waals surface area contributed by atoms with Gasteiger partial charge >= 0.3 is 0 Å². The number of amides is 1. The Hall–Kier alpha value is -2.93. The molecule has 0 aliphatic rings. The van der Waals surface area contributed by atoms with E-state index in [1.165, 1.54) is 12.1 Å². The van der Waals surface area contributed by atoms with E-state index in [1.807, 2.05) is 43.1 Å². The molecule has 138 valence electrons. The summed E-state index contributed by atoms with van der Waals surface area (Å²) in [5, 5.41) is 13.7. The molecule has 2 rings (SSSR count). The minimum atomic E-state index is -0.510. The highest BCUT2D eigenvalue weighted by Crippen LogP contribution is 2.23. The summed E-state index contributed by atoms with van der Waals surface area (Å²) in [6.45, 7) is 4.87. The summed E-state index contributed by atoms with van der Waals surface area (Å²) >= 11 is 0. The highest BCUT2D eigenvalue weighted by Gasteiger charge is 2.21. The van der Waals surface area contributed by atoms with Gasteiger partial charge in [-0.2, -0.15) is 0 Å². The van der Waals surface area contributed by atoms with Crippen LogP contribution in [0.25, 0.3) is 0 Å². The normalized spacial score (nSPS) is 11.8. The molecule has 1 amide bonds. The number of nitrogens with one attached hydrogen (secondary N) is 1. The Morgan fingerprint density at radius 2 is 1.88 bits per heavy atom. The number of ether oxygens (including phenoxy) is 1. The van der Waals surface area contributed by atoms with Crippen molar-refractivity contribution in [3.8, 4) is 5.75 Å². The lowest BCUT2D eigenvalue weighted by Crippen LogP contribution is -2.39. The summed E-state index contributed by atoms with van der Waals surface area (Å²) in [4.78, 5) is 24.9. The first-order chi connectivity index (χ1) is 12.4. The van der Waals surface area contributed by atoms with E-state index < -0.39 is 11.0 Å². The van der Waals surface area contributed by atoms with Crippen LogP contribution in [-0.4, -0.2) is 35.4 Å². The Morgan fingerprint density at radius 1 is 1.23 bits per heavy atom. The Labute approximate surface area is 152 Å². The van der Waals surface area contributed by atoms with Gasteiger partial charge in [0.25, 0.3) is 5.69 Å². The summed E-state index contributed by atoms with van der Waals surface area (Å²) in [6.07, 6.45) is 0. The van der Waals surface area contributed by atoms with Gasteiger partial charge in [0.05, 0.1) is 17.6 Å². The van der Waals surface area contributed by atoms with Crippen LogP contribution in [0.2, 0.25) is 0 Å². The topological polar surface area (TPSA) is 84.7 Å². The second-order valence-corrected chi connectivity index (χ2v) is 5.93. The van der Waals surface area contributed by atoms with Crippen LogP contribution in [0.15, 0.2) is 48.5 Å². The van der Waals surface area contributed by atoms with Crippen molar-refractivity contribution in [3.05, 3.63) is 64.2 Å². The molecule has 0 aromatic heterocycles. The summed E-state index contributed by atoms with van der Waals surface area (Å²) in [6, 6.07) is 13.3. The number of nitro groups is 1. The molecule has 7 nitrogen and oxygen atoms in total. The molecule has 0 unspecified atom stereocenters. The van der Waals surface area contributed by atoms with E-state index in [1.54, 1.807) is 19.1 Å². The lowest BCUT2D eigenvalue weighted by atomic mass is 10.1. The second kappa shape index (κ2) is 8.96. The molecule has 0 saturated heterocycles. The monoisotopic (exact) mass is 357 g/mol. The maximum atomic E-state index is 12.5. The highest BCUT2D eigenvalue weighted by molar-refractivity contribution is 5.96. The molecule has 0 spiro atoms. The predicted molar refractivity (Wildman–Crippen MR) is 100 cm³/mol. The fraction of sp³-hybridized carbons (Fsp3) is 0.316. The van der Waals surface area contributed by atoms with Gasteiger partial charge in [0.1, 0.15) is 11.4 Å². The predicted octanol–water partition coefficient (Wildman–Crippen LogP) is 3.45. The SMILES string of the molecule is CCOc1ccc(CN(C)[C@@H](C)C(=O)Nc2ccccc2[N+](=O)[O-])cc1. The smallest absolute Gasteiger partial charge is 0.292 e. The summed E-state index contributed by atoms with van der Waals surface area (Å²) in [7, 11) is 1.83. The fourth-order valence-corrected chi connectivity index (χ4v) is 2.46. The third-order valence-electron chi connectivity index (χ3n) is 4.07. The van der Waals surface area contributed by atoms with E-state index in [9.17, 15) is 14.9 Å². The molecule has 7 heteroatoms. The van der Waals surface area contributed by atoms with Gasteiger partial charge in [0, 0.05) is 12.6 Å². The van der Waals surface area contributed by atoms with Crippen molar-refractivity contribution in [2.75, 3.05) is 19.0 Å². The van der Waals surface area contributed by atoms with Gasteiger partial charge in [0.2, 0.25) is 5.91 Å². The van der Waals surface area contributed by atoms with Crippen molar-refractivity contribution in [1.82, 2.24) is 4.90 Å². The second-order valence-electron chi connectivity index (χ2n) is 5.93. The lowest BCUT2D eigenvalue weighted by Gasteiger charge is -2.24. The Balaban J connectivity index is 2.00. The maximum absolute atomic E-state index is 12.5. The lowest BCUT2D eigenvalue weighted by molar-refractivity contribution is -0.383. The standard InChI is InChI=1S/C19H23N3O4/c1-4-26-16-11-9-15(10-12-16)13-21(3)14(2)19(23)20-17-7-5-6-8-18(17)22(24)25/h5-12,14H,4,13H2,1-3H3,(H,20,23)/t14-/m0/s1. The van der Waals surface area contributed by atoms with Gasteiger partial charge < -0.3 is 10.1 Å². The molecule has 0 aliphatic carbocycles. The van der Waals surface area contributed by atoms with Crippen LogP contribution in [-0.2, 0) is 11.3 Å². The van der Waals surface area contributed by atoms with Crippen LogP contribution in [0.1, 0.15) is 19.4 Å². The Bertz CT molecular complexity index is 762. The summed E-state index contributed by atoms with van der Waals surface area (Å²) < 4.78 is 5.42. The van der Waals surface area contributed by atoms with Gasteiger partial charge in [-0.3, -0.25) is 19.8 Å². The number of nitro benzene ring substituents is 1. The first kappa shape index (κ1) is 19.4. The van der Waals surface area contributed by atoms with Gasteiger partial charge in [-0.1, -0.05) is 24.3 Å². The van der Waals surface area contributed by atoms with Crippen molar-refractivity contribution in [3.63, 3.8) is 0 Å². The molecule has 1 N–H and O–H groups in total. The number of hydrogen-bond acceptors (Lipinski definition) is 5. The maximum Gasteiger partial charge on any atom is 0.292 e. The fourth-order valence-electron chi connectivity index (χ4n) is 2.46. The van der Waals surface area contributed by atoms with E-state index in [2.05, 4.69) is 5.32 Å². The Morgan fingerprint density at radius 3 is 2.50 bits per heavy atom. The van der Waals surface area contributed by atoms with Crippen molar-refractivity contribution < 1.29 is 14.5 Å². The first-order valence-corrected chi connectivity index (χ1v) is 8.38. The van der Waals surface area contributed by atoms with E-state index >= 15 is 0 Å². The summed E-state index contributed by atoms with van der Waals surface area (Å²) in [5.41, 5.74) is 1.12. The number of hydrogen-bond donors (Lipinski definition) is 1. The zero-order valence-corrected chi connectivity index (χ0v) is 15.1. The molecule has 0 fully saturated rings. The molecule has 2 aromatic rings. The van der Waals surface area contributed by atoms with Gasteiger partial charge in [-0.25, -0.2) is 0 Å². The van der Waals surface area contributed by atoms with Crippen molar-refractivity contribution >= 4 is 17.3 Å². The van der Waals surface area contributed by atoms with Crippen LogP contribution in [0.3, 0.4) is 0 Å². The van der Waals surface area contributed by atoms with Crippen molar-refractivity contribution in [2.45, 2.75) is 26.4 Å². The molecule has 26 heavy (non-hydrogen) atoms. The summed E-state index contributed by atoms with van der Waals surface area (Å²) in [5.74, 6) is 0.508. The molecular weight excluding hydrogens is 334 g/mol. The number of nitrogens with zero attached hydrogens (tertiary/aromatic N) is 2. The number of carbonyl (C=O) groups is 1. The van der Waals surface area contributed by atoms with Crippen LogP contribution >= 0.6 is 0 Å². The molecule has 0 heterocycles. The minimum Gasteiger partial charge on any atom is -0.494 e. The molecular formula is C19H23N3O4. The van der Waals surface area contributed by atoms with E-state index in [0.717, 1.165) is 11.3 Å². The number of carbonyl (C=O) groups excluding carboxylic acids is 1. The number of rotatable bonds is 8. The zero-order valence-electron chi connectivity index (χ0n) is 15.1. The molecule has 0 radical (unpaired) electrons. The van der Waals surface area contributed by atoms with Crippen LogP contribution < -0.4 is 10.1 Å². The van der Waals surface area contributed by atoms with E-state index in [-0.39, 0.29) is 17.3 Å². The molecule has 0 saturated carbocycles. The average molecular weight is 357 g/mol. The average Bonchev–Trinajstić information content (AvgIpc) is 2.63. The number of likely N-dealkylation sites (N-methyl/N-ethyl adjacent to an activating group) is 1. The molecule has 2 aromatic carbocycles. The number of benzene rings is 2. The van der Waals surface area contributed by atoms with E-state index in [0.29, 0.717) is 13.2 Å². The highest BCUT2D eigenvalue weighted by atomic mass is 16.6. The van der Waals surface area contributed by atoms with Gasteiger partial charge in [-0.05, 0) is 44.7 Å². The van der Waals surface area contributed by atoms with Crippen LogP contribution in [0, 0.1) is 10.1 Å². The third-order valence-corrected chi connectivity index (χ3v) is 4.07. The first-order valence-electron chi connectivity index (χ1n) is 8.38. The van der Waals surface area contributed by atoms with Crippen LogP contribution in [0.4, 0.5) is 11.4 Å². The van der Waals surface area contributed by atoms with Gasteiger partial charge in [-0.15, -0.1) is 0 Å². The molecule has 1 atom stereocenters. The molecule has 0 bridgehead atoms. The van der Waals surface area contributed by atoms with Crippen molar-refractivity contribution in [1.29, 1.82) is 0 Å². The Kier molecular flexibility index (Phi) is 6.68. The number of para-hydroxylation sites is 2. The quantitative estimate of drug-likeness (QED) is 0.578. The number of anilines is 1. The molecule has 0 aliphatic heterocycles. The minimum absolute atomic E-state index is 0.123. The zero-order chi connectivity index (χ0) is 19.1. The largest absolute Gasteiger partial charge is 0.494 e. The van der Waals surface area contributed by atoms with Crippen LogP contribution in [0.5, 0.6) is 5.75 Å². The van der Waals surface area contributed by atoms with Crippen molar-refractivity contribution in [2.24, 2.45) is 0 Å². The third kappa shape index (κ3) is 5.03. The van der Waals surface area contributed by atoms with Gasteiger partial charge in [0.15, 0.2) is 0 Å².